The van der Waals surface area contributed by atoms with Gasteiger partial charge in [0.05, 0.1) is 25.8 Å². The van der Waals surface area contributed by atoms with Crippen molar-refractivity contribution in [2.45, 2.75) is 12.5 Å². The molecule has 1 aliphatic rings. The zero-order valence-corrected chi connectivity index (χ0v) is 16.3. The number of rotatable bonds is 8. The SMILES string of the molecule is COCCN1C(=O)N(c2cccc(OC)c2)C(=O)[C@@H]1CC(=O)Nc1ccccc1. The van der Waals surface area contributed by atoms with Gasteiger partial charge in [0, 0.05) is 25.4 Å². The lowest BCUT2D eigenvalue weighted by molar-refractivity contribution is -0.124. The van der Waals surface area contributed by atoms with Crippen molar-refractivity contribution in [3.63, 3.8) is 0 Å². The van der Waals surface area contributed by atoms with E-state index in [1.54, 1.807) is 48.5 Å². The number of carbonyl (C=O) groups is 3. The molecule has 0 aromatic heterocycles. The van der Waals surface area contributed by atoms with Crippen LogP contribution in [0, 0.1) is 0 Å². The summed E-state index contributed by atoms with van der Waals surface area (Å²) in [4.78, 5) is 41.0. The Morgan fingerprint density at radius 3 is 2.52 bits per heavy atom. The summed E-state index contributed by atoms with van der Waals surface area (Å²) in [5, 5.41) is 2.75. The van der Waals surface area contributed by atoms with Crippen LogP contribution in [0.3, 0.4) is 0 Å². The van der Waals surface area contributed by atoms with Crippen molar-refractivity contribution in [1.29, 1.82) is 0 Å². The second-order valence-electron chi connectivity index (χ2n) is 6.48. The fraction of sp³-hybridized carbons (Fsp3) is 0.286. The summed E-state index contributed by atoms with van der Waals surface area (Å²) in [6.45, 7) is 0.451. The van der Waals surface area contributed by atoms with E-state index >= 15 is 0 Å². The molecule has 152 valence electrons. The number of nitrogens with zero attached hydrogens (tertiary/aromatic N) is 2. The fourth-order valence-corrected chi connectivity index (χ4v) is 3.17. The van der Waals surface area contributed by atoms with E-state index in [1.807, 2.05) is 6.07 Å². The molecule has 8 nitrogen and oxygen atoms in total. The van der Waals surface area contributed by atoms with Gasteiger partial charge in [-0.2, -0.15) is 0 Å². The highest BCUT2D eigenvalue weighted by Crippen LogP contribution is 2.29. The average Bonchev–Trinajstić information content (AvgIpc) is 2.96. The second-order valence-corrected chi connectivity index (χ2v) is 6.48. The van der Waals surface area contributed by atoms with E-state index < -0.39 is 18.0 Å². The van der Waals surface area contributed by atoms with Crippen LogP contribution in [0.15, 0.2) is 54.6 Å². The van der Waals surface area contributed by atoms with E-state index in [0.717, 1.165) is 4.90 Å². The number of hydrogen-bond donors (Lipinski definition) is 1. The first-order chi connectivity index (χ1) is 14.0. The summed E-state index contributed by atoms with van der Waals surface area (Å²) in [6.07, 6.45) is -0.149. The van der Waals surface area contributed by atoms with Gasteiger partial charge in [-0.15, -0.1) is 0 Å². The van der Waals surface area contributed by atoms with E-state index in [4.69, 9.17) is 9.47 Å². The maximum atomic E-state index is 13.1. The van der Waals surface area contributed by atoms with Gasteiger partial charge in [0.2, 0.25) is 5.91 Å². The smallest absolute Gasteiger partial charge is 0.332 e. The van der Waals surface area contributed by atoms with Crippen molar-refractivity contribution in [2.75, 3.05) is 37.6 Å². The number of ether oxygens (including phenoxy) is 2. The molecule has 1 atom stereocenters. The summed E-state index contributed by atoms with van der Waals surface area (Å²) in [6, 6.07) is 14.2. The largest absolute Gasteiger partial charge is 0.497 e. The predicted molar refractivity (Wildman–Crippen MR) is 108 cm³/mol. The molecule has 29 heavy (non-hydrogen) atoms. The first-order valence-corrected chi connectivity index (χ1v) is 9.17. The van der Waals surface area contributed by atoms with Crippen LogP contribution < -0.4 is 15.0 Å². The summed E-state index contributed by atoms with van der Waals surface area (Å²) < 4.78 is 10.3. The predicted octanol–water partition coefficient (Wildman–Crippen LogP) is 2.51. The van der Waals surface area contributed by atoms with Gasteiger partial charge in [0.15, 0.2) is 0 Å². The van der Waals surface area contributed by atoms with Crippen LogP contribution in [-0.2, 0) is 14.3 Å². The van der Waals surface area contributed by atoms with E-state index in [9.17, 15) is 14.4 Å². The summed E-state index contributed by atoms with van der Waals surface area (Å²) in [5.41, 5.74) is 1.02. The third-order valence-electron chi connectivity index (χ3n) is 4.60. The Morgan fingerprint density at radius 2 is 1.83 bits per heavy atom. The minimum atomic E-state index is -0.910. The number of benzene rings is 2. The van der Waals surface area contributed by atoms with Gasteiger partial charge in [0.25, 0.3) is 5.91 Å². The van der Waals surface area contributed by atoms with Crippen molar-refractivity contribution in [1.82, 2.24) is 4.90 Å². The number of nitrogens with one attached hydrogen (secondary N) is 1. The number of hydrogen-bond acceptors (Lipinski definition) is 5. The minimum Gasteiger partial charge on any atom is -0.497 e. The molecule has 0 unspecified atom stereocenters. The molecule has 4 amide bonds. The highest BCUT2D eigenvalue weighted by Gasteiger charge is 2.46. The molecule has 0 bridgehead atoms. The molecule has 2 aromatic carbocycles. The summed E-state index contributed by atoms with van der Waals surface area (Å²) in [7, 11) is 3.02. The van der Waals surface area contributed by atoms with Crippen LogP contribution in [0.2, 0.25) is 0 Å². The second kappa shape index (κ2) is 9.20. The highest BCUT2D eigenvalue weighted by atomic mass is 16.5. The van der Waals surface area contributed by atoms with Gasteiger partial charge in [-0.3, -0.25) is 9.59 Å². The van der Waals surface area contributed by atoms with Crippen LogP contribution in [-0.4, -0.2) is 56.2 Å². The summed E-state index contributed by atoms with van der Waals surface area (Å²) >= 11 is 0. The molecule has 0 spiro atoms. The third-order valence-corrected chi connectivity index (χ3v) is 4.60. The Balaban J connectivity index is 1.82. The lowest BCUT2D eigenvalue weighted by atomic mass is 10.1. The molecular formula is C21H23N3O5. The van der Waals surface area contributed by atoms with Crippen molar-refractivity contribution >= 4 is 29.2 Å². The monoisotopic (exact) mass is 397 g/mol. The first kappa shape index (κ1) is 20.3. The normalized spacial score (nSPS) is 16.3. The van der Waals surface area contributed by atoms with Crippen LogP contribution in [0.5, 0.6) is 5.75 Å². The Bertz CT molecular complexity index is 887. The molecule has 0 radical (unpaired) electrons. The van der Waals surface area contributed by atoms with Crippen molar-refractivity contribution in [3.8, 4) is 5.75 Å². The Hall–Kier alpha value is -3.39. The molecule has 8 heteroatoms. The molecule has 3 rings (SSSR count). The van der Waals surface area contributed by atoms with Gasteiger partial charge in [-0.05, 0) is 24.3 Å². The maximum Gasteiger partial charge on any atom is 0.332 e. The molecule has 1 heterocycles. The van der Waals surface area contributed by atoms with E-state index in [1.165, 1.54) is 19.1 Å². The van der Waals surface area contributed by atoms with E-state index in [0.29, 0.717) is 17.1 Å². The third kappa shape index (κ3) is 4.55. The topological polar surface area (TPSA) is 88.2 Å². The van der Waals surface area contributed by atoms with Crippen LogP contribution >= 0.6 is 0 Å². The molecule has 1 aliphatic heterocycles. The number of carbonyl (C=O) groups excluding carboxylic acids is 3. The van der Waals surface area contributed by atoms with Crippen molar-refractivity contribution in [2.24, 2.45) is 0 Å². The van der Waals surface area contributed by atoms with Crippen LogP contribution in [0.1, 0.15) is 6.42 Å². The van der Waals surface area contributed by atoms with Gasteiger partial charge in [-0.1, -0.05) is 24.3 Å². The Morgan fingerprint density at radius 1 is 1.07 bits per heavy atom. The number of anilines is 2. The number of urea groups is 1. The zero-order valence-electron chi connectivity index (χ0n) is 16.3. The minimum absolute atomic E-state index is 0.149. The van der Waals surface area contributed by atoms with Gasteiger partial charge in [0.1, 0.15) is 11.8 Å². The lowest BCUT2D eigenvalue weighted by Gasteiger charge is -2.21. The molecule has 1 fully saturated rings. The highest BCUT2D eigenvalue weighted by molar-refractivity contribution is 6.22. The first-order valence-electron chi connectivity index (χ1n) is 9.17. The quantitative estimate of drug-likeness (QED) is 0.692. The van der Waals surface area contributed by atoms with E-state index in [2.05, 4.69) is 5.32 Å². The van der Waals surface area contributed by atoms with Crippen LogP contribution in [0.4, 0.5) is 16.2 Å². The molecular weight excluding hydrogens is 374 g/mol. The van der Waals surface area contributed by atoms with Gasteiger partial charge < -0.3 is 19.7 Å². The van der Waals surface area contributed by atoms with Gasteiger partial charge in [-0.25, -0.2) is 9.69 Å². The van der Waals surface area contributed by atoms with Crippen molar-refractivity contribution < 1.29 is 23.9 Å². The fourth-order valence-electron chi connectivity index (χ4n) is 3.17. The Kier molecular flexibility index (Phi) is 6.46. The van der Waals surface area contributed by atoms with Gasteiger partial charge >= 0.3 is 6.03 Å². The van der Waals surface area contributed by atoms with Crippen molar-refractivity contribution in [3.05, 3.63) is 54.6 Å². The number of methoxy groups -OCH3 is 2. The molecule has 2 aromatic rings. The maximum absolute atomic E-state index is 13.1. The Labute approximate surface area is 169 Å². The standard InChI is InChI=1S/C21H23N3O5/c1-28-12-11-23-18(14-19(25)22-15-7-4-3-5-8-15)20(26)24(21(23)27)16-9-6-10-17(13-16)29-2/h3-10,13,18H,11-12,14H2,1-2H3,(H,22,25)/t18-/m0/s1. The van der Waals surface area contributed by atoms with Crippen LogP contribution in [0.25, 0.3) is 0 Å². The van der Waals surface area contributed by atoms with E-state index in [-0.39, 0.29) is 25.5 Å². The lowest BCUT2D eigenvalue weighted by Crippen LogP contribution is -2.39. The molecule has 1 N–H and O–H groups in total. The molecule has 1 saturated heterocycles. The number of para-hydroxylation sites is 1. The number of amides is 4. The average molecular weight is 397 g/mol. The molecule has 0 saturated carbocycles. The molecule has 0 aliphatic carbocycles. The number of imide groups is 1. The zero-order chi connectivity index (χ0) is 20.8. The summed E-state index contributed by atoms with van der Waals surface area (Å²) in [5.74, 6) is -0.281.